The quantitative estimate of drug-likeness (QED) is 0.684. The molecule has 0 aliphatic rings. The molecule has 3 aromatic carbocycles. The summed E-state index contributed by atoms with van der Waals surface area (Å²) in [6.45, 7) is 0.502. The summed E-state index contributed by atoms with van der Waals surface area (Å²) in [6.07, 6.45) is 0. The van der Waals surface area contributed by atoms with E-state index in [1.165, 1.54) is 7.11 Å². The van der Waals surface area contributed by atoms with Crippen molar-refractivity contribution in [1.82, 2.24) is 0 Å². The van der Waals surface area contributed by atoms with E-state index in [-0.39, 0.29) is 5.75 Å². The molecule has 0 amide bonds. The van der Waals surface area contributed by atoms with E-state index in [2.05, 4.69) is 5.32 Å². The number of hydrogen-bond donors (Lipinski definition) is 2. The van der Waals surface area contributed by atoms with Gasteiger partial charge in [-0.05, 0) is 42.5 Å². The number of phenolic OH excluding ortho intramolecular Hbond substituents is 1. The maximum atomic E-state index is 10.1. The average Bonchev–Trinajstić information content (AvgIpc) is 2.63. The Balaban J connectivity index is 1.62. The summed E-state index contributed by atoms with van der Waals surface area (Å²) in [6, 6.07) is 22.8. The van der Waals surface area contributed by atoms with Gasteiger partial charge >= 0.3 is 0 Å². The lowest BCUT2D eigenvalue weighted by molar-refractivity contribution is 0.371. The molecule has 0 radical (unpaired) electrons. The van der Waals surface area contributed by atoms with E-state index in [1.807, 2.05) is 66.7 Å². The second kappa shape index (κ2) is 7.42. The van der Waals surface area contributed by atoms with Crippen molar-refractivity contribution < 1.29 is 14.6 Å². The van der Waals surface area contributed by atoms with Crippen LogP contribution in [0.3, 0.4) is 0 Å². The Kier molecular flexibility index (Phi) is 4.87. The third kappa shape index (κ3) is 3.79. The van der Waals surface area contributed by atoms with E-state index in [0.29, 0.717) is 12.3 Å². The van der Waals surface area contributed by atoms with Gasteiger partial charge in [0.15, 0.2) is 11.5 Å². The molecule has 0 aliphatic heterocycles. The predicted molar refractivity (Wildman–Crippen MR) is 94.9 cm³/mol. The van der Waals surface area contributed by atoms with E-state index < -0.39 is 0 Å². The first-order valence-electron chi connectivity index (χ1n) is 7.68. The van der Waals surface area contributed by atoms with E-state index in [9.17, 15) is 5.11 Å². The van der Waals surface area contributed by atoms with Crippen molar-refractivity contribution in [2.24, 2.45) is 0 Å². The Morgan fingerprint density at radius 2 is 1.54 bits per heavy atom. The van der Waals surface area contributed by atoms with Crippen molar-refractivity contribution in [3.05, 3.63) is 78.4 Å². The van der Waals surface area contributed by atoms with Crippen molar-refractivity contribution in [2.45, 2.75) is 6.54 Å². The Labute approximate surface area is 141 Å². The zero-order valence-corrected chi connectivity index (χ0v) is 13.4. The van der Waals surface area contributed by atoms with Crippen molar-refractivity contribution in [2.75, 3.05) is 12.4 Å². The highest BCUT2D eigenvalue weighted by Crippen LogP contribution is 2.30. The molecule has 24 heavy (non-hydrogen) atoms. The molecule has 0 bridgehead atoms. The Morgan fingerprint density at radius 1 is 0.833 bits per heavy atom. The van der Waals surface area contributed by atoms with Crippen LogP contribution in [0.4, 0.5) is 5.69 Å². The minimum atomic E-state index is 0.163. The summed E-state index contributed by atoms with van der Waals surface area (Å²) >= 11 is 0. The monoisotopic (exact) mass is 321 g/mol. The standard InChI is InChI=1S/C20H19NO3/c1-23-19-9-5-6-15(20(19)22)14-21-16-10-12-18(13-11-16)24-17-7-3-2-4-8-17/h2-13,21-22H,14H2,1H3. The molecular weight excluding hydrogens is 302 g/mol. The number of aromatic hydroxyl groups is 1. The fourth-order valence-electron chi connectivity index (χ4n) is 2.34. The van der Waals surface area contributed by atoms with Crippen LogP contribution in [0, 0.1) is 0 Å². The molecule has 0 spiro atoms. The second-order valence-corrected chi connectivity index (χ2v) is 5.26. The largest absolute Gasteiger partial charge is 0.504 e. The molecule has 0 heterocycles. The SMILES string of the molecule is COc1cccc(CNc2ccc(Oc3ccccc3)cc2)c1O. The number of nitrogens with one attached hydrogen (secondary N) is 1. The van der Waals surface area contributed by atoms with Gasteiger partial charge in [0.05, 0.1) is 7.11 Å². The number of rotatable bonds is 6. The van der Waals surface area contributed by atoms with Crippen LogP contribution in [-0.2, 0) is 6.54 Å². The highest BCUT2D eigenvalue weighted by atomic mass is 16.5. The number of anilines is 1. The zero-order chi connectivity index (χ0) is 16.8. The lowest BCUT2D eigenvalue weighted by Crippen LogP contribution is -2.00. The van der Waals surface area contributed by atoms with Crippen molar-refractivity contribution in [3.8, 4) is 23.0 Å². The van der Waals surface area contributed by atoms with Crippen LogP contribution >= 0.6 is 0 Å². The molecule has 2 N–H and O–H groups in total. The first-order valence-corrected chi connectivity index (χ1v) is 7.68. The molecule has 3 aromatic rings. The Bertz CT molecular complexity index is 786. The van der Waals surface area contributed by atoms with Gasteiger partial charge in [0.1, 0.15) is 11.5 Å². The normalized spacial score (nSPS) is 10.2. The van der Waals surface area contributed by atoms with Crippen LogP contribution in [0.1, 0.15) is 5.56 Å². The topological polar surface area (TPSA) is 50.7 Å². The van der Waals surface area contributed by atoms with Crippen LogP contribution in [0.2, 0.25) is 0 Å². The van der Waals surface area contributed by atoms with E-state index in [4.69, 9.17) is 9.47 Å². The summed E-state index contributed by atoms with van der Waals surface area (Å²) in [5.74, 6) is 2.22. The number of para-hydroxylation sites is 2. The number of ether oxygens (including phenoxy) is 2. The van der Waals surface area contributed by atoms with Gasteiger partial charge in [-0.15, -0.1) is 0 Å². The van der Waals surface area contributed by atoms with Crippen molar-refractivity contribution >= 4 is 5.69 Å². The number of methoxy groups -OCH3 is 1. The second-order valence-electron chi connectivity index (χ2n) is 5.26. The summed E-state index contributed by atoms with van der Waals surface area (Å²) in [5, 5.41) is 13.4. The van der Waals surface area contributed by atoms with Gasteiger partial charge in [-0.25, -0.2) is 0 Å². The van der Waals surface area contributed by atoms with Crippen LogP contribution < -0.4 is 14.8 Å². The van der Waals surface area contributed by atoms with Crippen molar-refractivity contribution in [1.29, 1.82) is 0 Å². The fourth-order valence-corrected chi connectivity index (χ4v) is 2.34. The van der Waals surface area contributed by atoms with Crippen LogP contribution in [0.15, 0.2) is 72.8 Å². The van der Waals surface area contributed by atoms with Crippen molar-refractivity contribution in [3.63, 3.8) is 0 Å². The lowest BCUT2D eigenvalue weighted by atomic mass is 10.2. The minimum Gasteiger partial charge on any atom is -0.504 e. The zero-order valence-electron chi connectivity index (χ0n) is 13.4. The molecule has 0 aromatic heterocycles. The summed E-state index contributed by atoms with van der Waals surface area (Å²) in [5.41, 5.74) is 1.72. The number of hydrogen-bond acceptors (Lipinski definition) is 4. The third-order valence-electron chi connectivity index (χ3n) is 3.62. The molecule has 0 atom stereocenters. The minimum absolute atomic E-state index is 0.163. The van der Waals surface area contributed by atoms with E-state index in [1.54, 1.807) is 6.07 Å². The average molecular weight is 321 g/mol. The van der Waals surface area contributed by atoms with Gasteiger partial charge in [-0.1, -0.05) is 30.3 Å². The van der Waals surface area contributed by atoms with Gasteiger partial charge in [0.2, 0.25) is 0 Å². The molecule has 4 heteroatoms. The molecule has 0 unspecified atom stereocenters. The molecule has 0 fully saturated rings. The molecule has 0 saturated carbocycles. The number of phenols is 1. The van der Waals surface area contributed by atoms with E-state index >= 15 is 0 Å². The molecule has 4 nitrogen and oxygen atoms in total. The van der Waals surface area contributed by atoms with Gasteiger partial charge in [0.25, 0.3) is 0 Å². The maximum absolute atomic E-state index is 10.1. The van der Waals surface area contributed by atoms with Gasteiger partial charge < -0.3 is 19.9 Å². The Morgan fingerprint density at radius 3 is 2.25 bits per heavy atom. The van der Waals surface area contributed by atoms with Crippen LogP contribution in [-0.4, -0.2) is 12.2 Å². The first-order chi connectivity index (χ1) is 11.8. The highest BCUT2D eigenvalue weighted by molar-refractivity contribution is 5.50. The predicted octanol–water partition coefficient (Wildman–Crippen LogP) is 4.81. The van der Waals surface area contributed by atoms with Gasteiger partial charge in [0, 0.05) is 17.8 Å². The summed E-state index contributed by atoms with van der Waals surface area (Å²) in [4.78, 5) is 0. The van der Waals surface area contributed by atoms with Crippen LogP contribution in [0.5, 0.6) is 23.0 Å². The highest BCUT2D eigenvalue weighted by Gasteiger charge is 2.06. The molecule has 122 valence electrons. The van der Waals surface area contributed by atoms with Crippen LogP contribution in [0.25, 0.3) is 0 Å². The summed E-state index contributed by atoms with van der Waals surface area (Å²) in [7, 11) is 1.54. The molecular formula is C20H19NO3. The number of benzene rings is 3. The van der Waals surface area contributed by atoms with Gasteiger partial charge in [-0.2, -0.15) is 0 Å². The maximum Gasteiger partial charge on any atom is 0.162 e. The Hall–Kier alpha value is -3.14. The molecule has 3 rings (SSSR count). The lowest BCUT2D eigenvalue weighted by Gasteiger charge is -2.11. The van der Waals surface area contributed by atoms with Gasteiger partial charge in [-0.3, -0.25) is 0 Å². The first kappa shape index (κ1) is 15.7. The summed E-state index contributed by atoms with van der Waals surface area (Å²) < 4.78 is 10.9. The molecule has 0 saturated heterocycles. The van der Waals surface area contributed by atoms with E-state index in [0.717, 1.165) is 22.7 Å². The smallest absolute Gasteiger partial charge is 0.162 e. The fraction of sp³-hybridized carbons (Fsp3) is 0.100. The molecule has 0 aliphatic carbocycles. The third-order valence-corrected chi connectivity index (χ3v) is 3.62.